The van der Waals surface area contributed by atoms with Crippen LogP contribution in [-0.2, 0) is 19.6 Å². The molecule has 36 heavy (non-hydrogen) atoms. The first-order valence-corrected chi connectivity index (χ1v) is 15.7. The summed E-state index contributed by atoms with van der Waals surface area (Å²) in [5.41, 5.74) is 0. The molecule has 0 atom stereocenters. The maximum Gasteiger partial charge on any atom is 0.248 e. The quantitative estimate of drug-likeness (QED) is 0.315. The highest BCUT2D eigenvalue weighted by atomic mass is 79.9. The van der Waals surface area contributed by atoms with Crippen molar-refractivity contribution in [3.05, 3.63) is 21.1 Å². The zero-order valence-corrected chi connectivity index (χ0v) is 25.5. The van der Waals surface area contributed by atoms with Crippen molar-refractivity contribution in [3.8, 4) is 5.75 Å². The van der Waals surface area contributed by atoms with E-state index in [0.29, 0.717) is 14.9 Å². The minimum atomic E-state index is -3.82. The number of nitrogens with zero attached hydrogens (tertiary/aromatic N) is 3. The maximum atomic E-state index is 13.1. The van der Waals surface area contributed by atoms with Gasteiger partial charge in [0.05, 0.1) is 13.7 Å². The van der Waals surface area contributed by atoms with Gasteiger partial charge in [0.15, 0.2) is 0 Å². The van der Waals surface area contributed by atoms with Crippen molar-refractivity contribution in [3.63, 3.8) is 0 Å². The largest absolute Gasteiger partial charge is 0.495 e. The summed E-state index contributed by atoms with van der Waals surface area (Å²) in [6, 6.07) is 3.27. The fourth-order valence-corrected chi connectivity index (χ4v) is 8.22. The van der Waals surface area contributed by atoms with Gasteiger partial charge in [-0.3, -0.25) is 4.79 Å². The van der Waals surface area contributed by atoms with Crippen molar-refractivity contribution < 1.29 is 22.7 Å². The molecule has 1 amide bonds. The van der Waals surface area contributed by atoms with Crippen LogP contribution in [0, 0.1) is 11.8 Å². The molecule has 0 aromatic heterocycles. The van der Waals surface area contributed by atoms with Crippen LogP contribution in [0.3, 0.4) is 0 Å². The first-order chi connectivity index (χ1) is 17.1. The third kappa shape index (κ3) is 8.14. The van der Waals surface area contributed by atoms with E-state index in [9.17, 15) is 13.2 Å². The number of hydrogen-bond acceptors (Lipinski definition) is 6. The van der Waals surface area contributed by atoms with E-state index in [1.54, 1.807) is 17.0 Å². The normalized spacial score (nSPS) is 21.2. The van der Waals surface area contributed by atoms with Gasteiger partial charge in [-0.05, 0) is 91.5 Å². The number of halogens is 2. The molecule has 8 nitrogen and oxygen atoms in total. The van der Waals surface area contributed by atoms with Crippen molar-refractivity contribution in [2.75, 3.05) is 67.1 Å². The van der Waals surface area contributed by atoms with Crippen LogP contribution in [0.4, 0.5) is 0 Å². The number of benzene rings is 1. The lowest BCUT2D eigenvalue weighted by Crippen LogP contribution is -2.37. The number of carbonyl (C=O) groups excluding carboxylic acids is 1. The van der Waals surface area contributed by atoms with E-state index in [-0.39, 0.29) is 36.3 Å². The van der Waals surface area contributed by atoms with Gasteiger partial charge in [0.1, 0.15) is 17.3 Å². The molecule has 0 radical (unpaired) electrons. The fourth-order valence-electron chi connectivity index (χ4n) is 5.09. The molecular formula is C25H39Br2N3O5S. The van der Waals surface area contributed by atoms with Crippen LogP contribution >= 0.6 is 31.9 Å². The molecule has 0 N–H and O–H groups in total. The summed E-state index contributed by atoms with van der Waals surface area (Å²) in [5.74, 6) is 1.52. The van der Waals surface area contributed by atoms with Crippen molar-refractivity contribution in [1.82, 2.24) is 14.1 Å². The summed E-state index contributed by atoms with van der Waals surface area (Å²) in [6.07, 6.45) is 7.53. The third-order valence-corrected chi connectivity index (χ3v) is 10.6. The number of methoxy groups -OCH3 is 1. The monoisotopic (exact) mass is 651 g/mol. The Bertz CT molecular complexity index is 980. The van der Waals surface area contributed by atoms with Crippen molar-refractivity contribution in [2.45, 2.75) is 43.4 Å². The molecule has 1 aromatic rings. The second kappa shape index (κ2) is 13.9. The van der Waals surface area contributed by atoms with Crippen LogP contribution in [-0.4, -0.2) is 95.6 Å². The van der Waals surface area contributed by atoms with Gasteiger partial charge >= 0.3 is 0 Å². The Labute approximate surface area is 233 Å². The number of likely N-dealkylation sites (tertiary alicyclic amines) is 1. The van der Waals surface area contributed by atoms with E-state index in [1.807, 2.05) is 7.05 Å². The Morgan fingerprint density at radius 2 is 1.72 bits per heavy atom. The Balaban J connectivity index is 1.38. The Hall–Kier alpha value is -0.720. The first-order valence-electron chi connectivity index (χ1n) is 12.6. The lowest BCUT2D eigenvalue weighted by Gasteiger charge is -2.33. The van der Waals surface area contributed by atoms with Crippen LogP contribution < -0.4 is 4.74 Å². The second-order valence-electron chi connectivity index (χ2n) is 9.97. The molecule has 2 aliphatic rings. The zero-order valence-electron chi connectivity index (χ0n) is 21.5. The fraction of sp³-hybridized carbons (Fsp3) is 0.720. The summed E-state index contributed by atoms with van der Waals surface area (Å²) in [5, 5.41) is 0. The van der Waals surface area contributed by atoms with Gasteiger partial charge < -0.3 is 19.3 Å². The molecule has 1 saturated carbocycles. The summed E-state index contributed by atoms with van der Waals surface area (Å²) < 4.78 is 39.3. The molecule has 1 saturated heterocycles. The summed E-state index contributed by atoms with van der Waals surface area (Å²) in [4.78, 5) is 17.0. The molecule has 0 unspecified atom stereocenters. The van der Waals surface area contributed by atoms with Gasteiger partial charge in [0, 0.05) is 42.7 Å². The summed E-state index contributed by atoms with van der Waals surface area (Å²) in [6.45, 7) is 4.69. The number of likely N-dealkylation sites (N-methyl/N-ethyl adjacent to an activating group) is 2. The number of hydrogen-bond donors (Lipinski definition) is 0. The molecule has 1 aliphatic heterocycles. The standard InChI is InChI=1S/C25H39Br2N3O5S/c1-28(16-19-6-8-20(9-7-19)17-30-10-4-5-11-30)24(31)18-35-13-12-29(2)36(32,33)25-22(27)14-21(26)15-23(25)34-3/h14-15,19-20H,4-13,16-18H2,1-3H3. The molecule has 1 aliphatic carbocycles. The summed E-state index contributed by atoms with van der Waals surface area (Å²) >= 11 is 6.67. The number of carbonyl (C=O) groups is 1. The van der Waals surface area contributed by atoms with Crippen molar-refractivity contribution >= 4 is 47.8 Å². The topological polar surface area (TPSA) is 79.4 Å². The summed E-state index contributed by atoms with van der Waals surface area (Å²) in [7, 11) is 0.930. The number of ether oxygens (including phenoxy) is 2. The van der Waals surface area contributed by atoms with Gasteiger partial charge in [-0.2, -0.15) is 4.31 Å². The number of rotatable bonds is 12. The SMILES string of the molecule is COc1cc(Br)cc(Br)c1S(=O)(=O)N(C)CCOCC(=O)N(C)CC1CCC(CN2CCCC2)CC1. The van der Waals surface area contributed by atoms with Gasteiger partial charge in [-0.1, -0.05) is 15.9 Å². The predicted octanol–water partition coefficient (Wildman–Crippen LogP) is 4.22. The van der Waals surface area contributed by atoms with E-state index in [0.717, 1.165) is 12.5 Å². The average molecular weight is 653 g/mol. The van der Waals surface area contributed by atoms with Gasteiger partial charge in [-0.15, -0.1) is 0 Å². The molecule has 1 heterocycles. The average Bonchev–Trinajstić information content (AvgIpc) is 3.34. The highest BCUT2D eigenvalue weighted by Gasteiger charge is 2.29. The third-order valence-electron chi connectivity index (χ3n) is 7.28. The Kier molecular flexibility index (Phi) is 11.5. The molecule has 0 bridgehead atoms. The van der Waals surface area contributed by atoms with Crippen LogP contribution in [0.25, 0.3) is 0 Å². The molecule has 11 heteroatoms. The van der Waals surface area contributed by atoms with E-state index in [1.165, 1.54) is 76.6 Å². The predicted molar refractivity (Wildman–Crippen MR) is 148 cm³/mol. The van der Waals surface area contributed by atoms with Gasteiger partial charge in [0.25, 0.3) is 0 Å². The Morgan fingerprint density at radius 3 is 2.36 bits per heavy atom. The van der Waals surface area contributed by atoms with Crippen molar-refractivity contribution in [2.24, 2.45) is 11.8 Å². The van der Waals surface area contributed by atoms with Crippen molar-refractivity contribution in [1.29, 1.82) is 0 Å². The second-order valence-corrected chi connectivity index (χ2v) is 13.7. The molecule has 3 rings (SSSR count). The lowest BCUT2D eigenvalue weighted by molar-refractivity contribution is -0.135. The van der Waals surface area contributed by atoms with E-state index in [4.69, 9.17) is 9.47 Å². The van der Waals surface area contributed by atoms with Crippen LogP contribution in [0.1, 0.15) is 38.5 Å². The number of amides is 1. The molecule has 1 aromatic carbocycles. The van der Waals surface area contributed by atoms with Gasteiger partial charge in [0.2, 0.25) is 15.9 Å². The zero-order chi connectivity index (χ0) is 26.3. The highest BCUT2D eigenvalue weighted by Crippen LogP contribution is 2.36. The maximum absolute atomic E-state index is 13.1. The minimum Gasteiger partial charge on any atom is -0.495 e. The molecular weight excluding hydrogens is 614 g/mol. The van der Waals surface area contributed by atoms with Crippen LogP contribution in [0.15, 0.2) is 26.0 Å². The Morgan fingerprint density at radius 1 is 1.08 bits per heavy atom. The van der Waals surface area contributed by atoms with Gasteiger partial charge in [-0.25, -0.2) is 8.42 Å². The smallest absolute Gasteiger partial charge is 0.248 e. The molecule has 2 fully saturated rings. The van der Waals surface area contributed by atoms with E-state index < -0.39 is 10.0 Å². The highest BCUT2D eigenvalue weighted by molar-refractivity contribution is 9.11. The molecule has 0 spiro atoms. The van der Waals surface area contributed by atoms with E-state index in [2.05, 4.69) is 36.8 Å². The minimum absolute atomic E-state index is 0.0556. The van der Waals surface area contributed by atoms with Crippen LogP contribution in [0.5, 0.6) is 5.75 Å². The number of sulfonamides is 1. The lowest BCUT2D eigenvalue weighted by atomic mass is 9.81. The molecule has 204 valence electrons. The first kappa shape index (κ1) is 29.8. The van der Waals surface area contributed by atoms with E-state index >= 15 is 0 Å². The van der Waals surface area contributed by atoms with Crippen LogP contribution in [0.2, 0.25) is 0 Å².